The number of likely N-dealkylation sites (tertiary alicyclic amines) is 1. The second-order valence-corrected chi connectivity index (χ2v) is 9.77. The van der Waals surface area contributed by atoms with Crippen molar-refractivity contribution >= 4 is 5.91 Å². The van der Waals surface area contributed by atoms with Gasteiger partial charge in [-0.3, -0.25) is 9.69 Å². The average Bonchev–Trinajstić information content (AvgIpc) is 2.68. The maximum Gasteiger partial charge on any atom is 0.251 e. The number of carbonyl (C=O) groups is 1. The number of carbonyl (C=O) groups excluding carboxylic acids is 1. The second kappa shape index (κ2) is 8.86. The van der Waals surface area contributed by atoms with Crippen LogP contribution in [0.25, 0.3) is 0 Å². The quantitative estimate of drug-likeness (QED) is 0.757. The standard InChI is InChI=1S/C25H33FN2O2/c1-24(2,3)14-16-28-17-15-25(4,30)22(21(28)18-8-6-5-7-9-18)27-23(29)19-10-12-20(26)13-11-19/h5-13,21-22,30H,14-17H2,1-4H3,(H,27,29)/t21-,22-,25+/m0/s1. The van der Waals surface area contributed by atoms with Crippen LogP contribution in [0.1, 0.15) is 62.5 Å². The van der Waals surface area contributed by atoms with Crippen LogP contribution in [0.2, 0.25) is 0 Å². The van der Waals surface area contributed by atoms with Crippen molar-refractivity contribution in [3.8, 4) is 0 Å². The Morgan fingerprint density at radius 3 is 2.40 bits per heavy atom. The molecule has 1 heterocycles. The maximum absolute atomic E-state index is 13.3. The molecule has 1 saturated heterocycles. The van der Waals surface area contributed by atoms with Crippen LogP contribution in [0.4, 0.5) is 4.39 Å². The number of nitrogens with one attached hydrogen (secondary N) is 1. The first kappa shape index (κ1) is 22.4. The summed E-state index contributed by atoms with van der Waals surface area (Å²) in [5.41, 5.74) is 0.573. The minimum absolute atomic E-state index is 0.151. The highest BCUT2D eigenvalue weighted by Gasteiger charge is 2.46. The Kier molecular flexibility index (Phi) is 6.63. The van der Waals surface area contributed by atoms with Gasteiger partial charge in [0, 0.05) is 12.1 Å². The molecule has 0 unspecified atom stereocenters. The van der Waals surface area contributed by atoms with Crippen molar-refractivity contribution in [2.24, 2.45) is 5.41 Å². The fraction of sp³-hybridized carbons (Fsp3) is 0.480. The molecule has 0 saturated carbocycles. The number of nitrogens with zero attached hydrogens (tertiary/aromatic N) is 1. The van der Waals surface area contributed by atoms with Crippen LogP contribution in [0.15, 0.2) is 54.6 Å². The highest BCUT2D eigenvalue weighted by atomic mass is 19.1. The first-order valence-electron chi connectivity index (χ1n) is 10.6. The Balaban J connectivity index is 1.92. The van der Waals surface area contributed by atoms with Crippen molar-refractivity contribution in [2.45, 2.75) is 58.2 Å². The van der Waals surface area contributed by atoms with Gasteiger partial charge in [-0.25, -0.2) is 4.39 Å². The number of halogens is 1. The van der Waals surface area contributed by atoms with Crippen LogP contribution in [0.5, 0.6) is 0 Å². The van der Waals surface area contributed by atoms with E-state index in [0.717, 1.165) is 25.1 Å². The van der Waals surface area contributed by atoms with Crippen molar-refractivity contribution in [3.05, 3.63) is 71.5 Å². The molecule has 162 valence electrons. The number of amides is 1. The van der Waals surface area contributed by atoms with E-state index in [1.807, 2.05) is 30.3 Å². The maximum atomic E-state index is 13.3. The summed E-state index contributed by atoms with van der Waals surface area (Å²) in [4.78, 5) is 15.3. The third kappa shape index (κ3) is 5.46. The summed E-state index contributed by atoms with van der Waals surface area (Å²) in [6.07, 6.45) is 1.58. The monoisotopic (exact) mass is 412 g/mol. The Morgan fingerprint density at radius 1 is 1.17 bits per heavy atom. The molecule has 1 fully saturated rings. The van der Waals surface area contributed by atoms with Crippen molar-refractivity contribution in [2.75, 3.05) is 13.1 Å². The molecule has 0 aromatic heterocycles. The highest BCUT2D eigenvalue weighted by molar-refractivity contribution is 5.94. The van der Waals surface area contributed by atoms with Gasteiger partial charge in [0.05, 0.1) is 17.7 Å². The van der Waals surface area contributed by atoms with Gasteiger partial charge in [-0.2, -0.15) is 0 Å². The summed E-state index contributed by atoms with van der Waals surface area (Å²) in [5, 5.41) is 14.3. The molecule has 3 rings (SSSR count). The second-order valence-electron chi connectivity index (χ2n) is 9.77. The molecule has 1 aliphatic rings. The topological polar surface area (TPSA) is 52.6 Å². The highest BCUT2D eigenvalue weighted by Crippen LogP contribution is 2.38. The molecule has 0 bridgehead atoms. The minimum Gasteiger partial charge on any atom is -0.388 e. The average molecular weight is 413 g/mol. The van der Waals surface area contributed by atoms with Crippen molar-refractivity contribution in [1.29, 1.82) is 0 Å². The Labute approximate surface area is 179 Å². The first-order valence-corrected chi connectivity index (χ1v) is 10.6. The summed E-state index contributed by atoms with van der Waals surface area (Å²) in [6, 6.07) is 14.9. The van der Waals surface area contributed by atoms with Gasteiger partial charge in [0.25, 0.3) is 5.91 Å². The smallest absolute Gasteiger partial charge is 0.251 e. The molecule has 1 aliphatic heterocycles. The summed E-state index contributed by atoms with van der Waals surface area (Å²) in [6.45, 7) is 10.1. The molecule has 4 nitrogen and oxygen atoms in total. The van der Waals surface area contributed by atoms with Crippen LogP contribution >= 0.6 is 0 Å². The third-order valence-electron chi connectivity index (χ3n) is 5.97. The first-order chi connectivity index (χ1) is 14.1. The Bertz CT molecular complexity index is 844. The lowest BCUT2D eigenvalue weighted by Crippen LogP contribution is -2.62. The predicted octanol–water partition coefficient (Wildman–Crippen LogP) is 4.56. The van der Waals surface area contributed by atoms with E-state index in [0.29, 0.717) is 12.0 Å². The van der Waals surface area contributed by atoms with Crippen LogP contribution in [-0.4, -0.2) is 40.6 Å². The lowest BCUT2D eigenvalue weighted by atomic mass is 9.79. The van der Waals surface area contributed by atoms with Crippen LogP contribution in [-0.2, 0) is 0 Å². The molecule has 0 radical (unpaired) electrons. The number of hydrogen-bond donors (Lipinski definition) is 2. The van der Waals surface area contributed by atoms with Crippen LogP contribution in [0, 0.1) is 11.2 Å². The van der Waals surface area contributed by atoms with E-state index in [1.54, 1.807) is 6.92 Å². The largest absolute Gasteiger partial charge is 0.388 e. The van der Waals surface area contributed by atoms with Gasteiger partial charge in [0.15, 0.2) is 0 Å². The van der Waals surface area contributed by atoms with Crippen LogP contribution < -0.4 is 5.32 Å². The molecule has 0 aliphatic carbocycles. The minimum atomic E-state index is -1.06. The third-order valence-corrected chi connectivity index (χ3v) is 5.97. The molecule has 2 aromatic rings. The van der Waals surface area contributed by atoms with Crippen molar-refractivity contribution in [3.63, 3.8) is 0 Å². The van der Waals surface area contributed by atoms with Gasteiger partial charge >= 0.3 is 0 Å². The van der Waals surface area contributed by atoms with Gasteiger partial charge in [0.2, 0.25) is 0 Å². The van der Waals surface area contributed by atoms with E-state index in [1.165, 1.54) is 24.3 Å². The molecule has 2 N–H and O–H groups in total. The summed E-state index contributed by atoms with van der Waals surface area (Å²) in [7, 11) is 0. The normalized spacial score (nSPS) is 25.1. The van der Waals surface area contributed by atoms with Gasteiger partial charge in [-0.05, 0) is 61.6 Å². The van der Waals surface area contributed by atoms with E-state index in [9.17, 15) is 14.3 Å². The Morgan fingerprint density at radius 2 is 1.80 bits per heavy atom. The predicted molar refractivity (Wildman–Crippen MR) is 118 cm³/mol. The van der Waals surface area contributed by atoms with E-state index in [4.69, 9.17) is 0 Å². The van der Waals surface area contributed by atoms with Crippen molar-refractivity contribution < 1.29 is 14.3 Å². The molecular weight excluding hydrogens is 379 g/mol. The zero-order valence-corrected chi connectivity index (χ0v) is 18.4. The lowest BCUT2D eigenvalue weighted by molar-refractivity contribution is -0.0657. The van der Waals surface area contributed by atoms with Gasteiger partial charge in [-0.15, -0.1) is 0 Å². The summed E-state index contributed by atoms with van der Waals surface area (Å²) < 4.78 is 13.3. The van der Waals surface area contributed by atoms with Gasteiger partial charge in [-0.1, -0.05) is 51.1 Å². The fourth-order valence-corrected chi connectivity index (χ4v) is 4.06. The number of aliphatic hydroxyl groups is 1. The number of benzene rings is 2. The molecule has 1 amide bonds. The summed E-state index contributed by atoms with van der Waals surface area (Å²) in [5.74, 6) is -0.689. The SMILES string of the molecule is CC(C)(C)CCN1CC[C@@](C)(O)[C@@H](NC(=O)c2ccc(F)cc2)[C@@H]1c1ccccc1. The zero-order chi connectivity index (χ0) is 21.9. The van der Waals surface area contributed by atoms with E-state index < -0.39 is 11.6 Å². The van der Waals surface area contributed by atoms with Gasteiger partial charge in [0.1, 0.15) is 5.82 Å². The summed E-state index contributed by atoms with van der Waals surface area (Å²) >= 11 is 0. The van der Waals surface area contributed by atoms with E-state index >= 15 is 0 Å². The van der Waals surface area contributed by atoms with E-state index in [2.05, 4.69) is 31.0 Å². The van der Waals surface area contributed by atoms with Gasteiger partial charge < -0.3 is 10.4 Å². The number of rotatable bonds is 5. The molecular formula is C25H33FN2O2. The fourth-order valence-electron chi connectivity index (χ4n) is 4.06. The molecule has 2 aromatic carbocycles. The van der Waals surface area contributed by atoms with E-state index in [-0.39, 0.29) is 23.2 Å². The molecule has 3 atom stereocenters. The molecule has 30 heavy (non-hydrogen) atoms. The number of hydrogen-bond acceptors (Lipinski definition) is 3. The lowest BCUT2D eigenvalue weighted by Gasteiger charge is -2.49. The van der Waals surface area contributed by atoms with Crippen molar-refractivity contribution in [1.82, 2.24) is 10.2 Å². The zero-order valence-electron chi connectivity index (χ0n) is 18.4. The number of piperidine rings is 1. The van der Waals surface area contributed by atoms with Crippen LogP contribution in [0.3, 0.4) is 0 Å². The Hall–Kier alpha value is -2.24. The molecule has 5 heteroatoms. The molecule has 0 spiro atoms.